The van der Waals surface area contributed by atoms with Gasteiger partial charge in [-0.3, -0.25) is 24.0 Å². The Morgan fingerprint density at radius 3 is 2.00 bits per heavy atom. The molecule has 158 valence electrons. The fourth-order valence-electron chi connectivity index (χ4n) is 2.47. The summed E-state index contributed by atoms with van der Waals surface area (Å²) in [6.45, 7) is -0.339. The lowest BCUT2D eigenvalue weighted by atomic mass is 10.1. The van der Waals surface area contributed by atoms with Gasteiger partial charge in [0, 0.05) is 36.7 Å². The van der Waals surface area contributed by atoms with Crippen molar-refractivity contribution in [1.82, 2.24) is 10.6 Å². The quantitative estimate of drug-likeness (QED) is 0.263. The Hall–Kier alpha value is -1.55. The summed E-state index contributed by atoms with van der Waals surface area (Å²) < 4.78 is 0. The maximum absolute atomic E-state index is 11.7. The summed E-state index contributed by atoms with van der Waals surface area (Å²) in [7, 11) is 3.83. The van der Waals surface area contributed by atoms with Crippen molar-refractivity contribution in [2.24, 2.45) is 0 Å². The standard InChI is InChI=1S/C18H28N2O6S2/c21-13(5-7-17(24)20-12-14(22)6-8-18(25)26)11-19-16(23)4-2-1-3-15-9-10-27-28-15/h15H,1-12H2,(H,19,23)(H,20,24)(H,25,26). The van der Waals surface area contributed by atoms with Gasteiger partial charge in [-0.25, -0.2) is 0 Å². The number of ketones is 2. The van der Waals surface area contributed by atoms with Crippen molar-refractivity contribution in [3.05, 3.63) is 0 Å². The molecular formula is C18H28N2O6S2. The summed E-state index contributed by atoms with van der Waals surface area (Å²) in [4.78, 5) is 56.8. The third kappa shape index (κ3) is 12.8. The van der Waals surface area contributed by atoms with Crippen LogP contribution in [0.25, 0.3) is 0 Å². The molecule has 1 aliphatic heterocycles. The van der Waals surface area contributed by atoms with Crippen molar-refractivity contribution < 1.29 is 29.1 Å². The zero-order chi connectivity index (χ0) is 20.8. The Labute approximate surface area is 172 Å². The summed E-state index contributed by atoms with van der Waals surface area (Å²) in [5.74, 6) is -1.10. The molecule has 0 saturated carbocycles. The molecular weight excluding hydrogens is 404 g/mol. The monoisotopic (exact) mass is 432 g/mol. The number of nitrogens with one attached hydrogen (secondary N) is 2. The second-order valence-electron chi connectivity index (χ2n) is 6.60. The molecule has 0 bridgehead atoms. The van der Waals surface area contributed by atoms with Crippen LogP contribution in [0.2, 0.25) is 0 Å². The first-order valence-corrected chi connectivity index (χ1v) is 11.8. The van der Waals surface area contributed by atoms with Gasteiger partial charge >= 0.3 is 5.97 Å². The van der Waals surface area contributed by atoms with E-state index in [4.69, 9.17) is 5.11 Å². The number of carbonyl (C=O) groups is 5. The minimum Gasteiger partial charge on any atom is -0.481 e. The highest BCUT2D eigenvalue weighted by Gasteiger charge is 2.16. The number of amides is 2. The van der Waals surface area contributed by atoms with Crippen LogP contribution in [0.1, 0.15) is 57.8 Å². The first kappa shape index (κ1) is 24.5. The number of aliphatic carboxylic acids is 1. The molecule has 0 radical (unpaired) electrons. The molecule has 8 nitrogen and oxygen atoms in total. The number of hydrogen-bond acceptors (Lipinski definition) is 7. The number of unbranched alkanes of at least 4 members (excludes halogenated alkanes) is 1. The van der Waals surface area contributed by atoms with Crippen LogP contribution in [-0.4, -0.2) is 58.5 Å². The molecule has 1 fully saturated rings. The number of rotatable bonds is 15. The molecule has 1 rings (SSSR count). The number of Topliss-reactive ketones (excluding diaryl/α,β-unsaturated/α-hetero) is 2. The van der Waals surface area contributed by atoms with E-state index in [0.717, 1.165) is 19.3 Å². The van der Waals surface area contributed by atoms with Gasteiger partial charge in [0.15, 0.2) is 11.6 Å². The molecule has 1 aliphatic rings. The Bertz CT molecular complexity index is 564. The van der Waals surface area contributed by atoms with Crippen LogP contribution in [0.3, 0.4) is 0 Å². The Balaban J connectivity index is 2.01. The highest BCUT2D eigenvalue weighted by Crippen LogP contribution is 2.39. The van der Waals surface area contributed by atoms with Gasteiger partial charge in [-0.1, -0.05) is 28.0 Å². The smallest absolute Gasteiger partial charge is 0.303 e. The lowest BCUT2D eigenvalue weighted by Gasteiger charge is -2.07. The van der Waals surface area contributed by atoms with Crippen LogP contribution in [0.5, 0.6) is 0 Å². The molecule has 10 heteroatoms. The van der Waals surface area contributed by atoms with E-state index in [9.17, 15) is 24.0 Å². The fourth-order valence-corrected chi connectivity index (χ4v) is 5.50. The average molecular weight is 433 g/mol. The average Bonchev–Trinajstić information content (AvgIpc) is 3.18. The predicted molar refractivity (Wildman–Crippen MR) is 109 cm³/mol. The van der Waals surface area contributed by atoms with Crippen LogP contribution >= 0.6 is 21.6 Å². The van der Waals surface area contributed by atoms with Gasteiger partial charge in [0.05, 0.1) is 19.5 Å². The molecule has 0 aromatic carbocycles. The molecule has 0 aromatic rings. The third-order valence-corrected chi connectivity index (χ3v) is 7.13. The Morgan fingerprint density at radius 1 is 0.821 bits per heavy atom. The third-order valence-electron chi connectivity index (χ3n) is 4.12. The summed E-state index contributed by atoms with van der Waals surface area (Å²) >= 11 is 0. The normalized spacial score (nSPS) is 15.8. The molecule has 0 aliphatic carbocycles. The van der Waals surface area contributed by atoms with Crippen molar-refractivity contribution in [1.29, 1.82) is 0 Å². The van der Waals surface area contributed by atoms with E-state index < -0.39 is 11.9 Å². The number of carboxylic acids is 1. The maximum Gasteiger partial charge on any atom is 0.303 e. The highest BCUT2D eigenvalue weighted by molar-refractivity contribution is 8.77. The molecule has 1 unspecified atom stereocenters. The lowest BCUT2D eigenvalue weighted by Crippen LogP contribution is -2.32. The largest absolute Gasteiger partial charge is 0.481 e. The highest BCUT2D eigenvalue weighted by atomic mass is 33.1. The van der Waals surface area contributed by atoms with Gasteiger partial charge in [0.2, 0.25) is 11.8 Å². The maximum atomic E-state index is 11.7. The van der Waals surface area contributed by atoms with Crippen LogP contribution in [0.15, 0.2) is 0 Å². The van der Waals surface area contributed by atoms with Gasteiger partial charge in [-0.2, -0.15) is 0 Å². The van der Waals surface area contributed by atoms with Crippen LogP contribution in [0, 0.1) is 0 Å². The number of hydrogen-bond donors (Lipinski definition) is 3. The van der Waals surface area contributed by atoms with E-state index in [2.05, 4.69) is 10.6 Å². The van der Waals surface area contributed by atoms with Gasteiger partial charge < -0.3 is 15.7 Å². The molecule has 28 heavy (non-hydrogen) atoms. The van der Waals surface area contributed by atoms with Gasteiger partial charge in [0.1, 0.15) is 0 Å². The Kier molecular flexibility index (Phi) is 12.6. The minimum atomic E-state index is -1.07. The van der Waals surface area contributed by atoms with Gasteiger partial charge in [0.25, 0.3) is 0 Å². The van der Waals surface area contributed by atoms with Crippen molar-refractivity contribution in [2.75, 3.05) is 18.8 Å². The Morgan fingerprint density at radius 2 is 1.43 bits per heavy atom. The molecule has 3 N–H and O–H groups in total. The number of carbonyl (C=O) groups excluding carboxylic acids is 4. The fraction of sp³-hybridized carbons (Fsp3) is 0.722. The summed E-state index contributed by atoms with van der Waals surface area (Å²) in [6.07, 6.45) is 4.06. The molecule has 1 atom stereocenters. The summed E-state index contributed by atoms with van der Waals surface area (Å²) in [5, 5.41) is 14.1. The molecule has 0 aromatic heterocycles. The topological polar surface area (TPSA) is 130 Å². The summed E-state index contributed by atoms with van der Waals surface area (Å²) in [5.41, 5.74) is 0. The van der Waals surface area contributed by atoms with Crippen molar-refractivity contribution in [3.63, 3.8) is 0 Å². The van der Waals surface area contributed by atoms with Gasteiger partial charge in [-0.05, 0) is 19.3 Å². The van der Waals surface area contributed by atoms with Crippen LogP contribution in [0.4, 0.5) is 0 Å². The number of carboxylic acid groups (broad SMARTS) is 1. The zero-order valence-electron chi connectivity index (χ0n) is 15.9. The van der Waals surface area contributed by atoms with Crippen molar-refractivity contribution in [2.45, 2.75) is 63.0 Å². The van der Waals surface area contributed by atoms with E-state index in [1.165, 1.54) is 12.2 Å². The second kappa shape index (κ2) is 14.4. The van der Waals surface area contributed by atoms with E-state index >= 15 is 0 Å². The first-order valence-electron chi connectivity index (χ1n) is 9.43. The molecule has 2 amide bonds. The SMILES string of the molecule is O=C(O)CCC(=O)CNC(=O)CCC(=O)CNC(=O)CCCCC1CCSS1. The zero-order valence-corrected chi connectivity index (χ0v) is 17.5. The van der Waals surface area contributed by atoms with E-state index in [0.29, 0.717) is 11.7 Å². The first-order chi connectivity index (χ1) is 13.4. The van der Waals surface area contributed by atoms with Gasteiger partial charge in [-0.15, -0.1) is 0 Å². The second-order valence-corrected chi connectivity index (χ2v) is 9.39. The summed E-state index contributed by atoms with van der Waals surface area (Å²) in [6, 6.07) is 0. The van der Waals surface area contributed by atoms with E-state index in [1.807, 2.05) is 21.6 Å². The lowest BCUT2D eigenvalue weighted by molar-refractivity contribution is -0.138. The van der Waals surface area contributed by atoms with Crippen molar-refractivity contribution >= 4 is 50.9 Å². The molecule has 0 spiro atoms. The minimum absolute atomic E-state index is 0.0218. The van der Waals surface area contributed by atoms with E-state index in [1.54, 1.807) is 0 Å². The molecule has 1 saturated heterocycles. The van der Waals surface area contributed by atoms with Crippen molar-refractivity contribution in [3.8, 4) is 0 Å². The van der Waals surface area contributed by atoms with Crippen LogP contribution < -0.4 is 10.6 Å². The molecule has 1 heterocycles. The predicted octanol–water partition coefficient (Wildman–Crippen LogP) is 1.72. The van der Waals surface area contributed by atoms with E-state index in [-0.39, 0.29) is 56.2 Å². The van der Waals surface area contributed by atoms with Crippen LogP contribution in [-0.2, 0) is 24.0 Å².